The first-order valence-corrected chi connectivity index (χ1v) is 19.5. The maximum atomic E-state index is 14.0. The summed E-state index contributed by atoms with van der Waals surface area (Å²) in [5.41, 5.74) is 4.87. The zero-order valence-electron chi connectivity index (χ0n) is 29.6. The Hall–Kier alpha value is -3.50. The highest BCUT2D eigenvalue weighted by Gasteiger charge is 2.57. The van der Waals surface area contributed by atoms with Crippen molar-refractivity contribution >= 4 is 19.2 Å². The Labute approximate surface area is 303 Å². The van der Waals surface area contributed by atoms with Gasteiger partial charge in [-0.2, -0.15) is 15.6 Å². The van der Waals surface area contributed by atoms with Gasteiger partial charge in [-0.15, -0.1) is 0 Å². The predicted molar refractivity (Wildman–Crippen MR) is 189 cm³/mol. The summed E-state index contributed by atoms with van der Waals surface area (Å²) in [7, 11) is -4.86. The summed E-state index contributed by atoms with van der Waals surface area (Å²) in [6.07, 6.45) is 10.1. The molecule has 284 valence electrons. The second kappa shape index (κ2) is 20.1. The highest BCUT2D eigenvalue weighted by molar-refractivity contribution is 7.47. The molecule has 1 aromatic carbocycles. The molecule has 0 spiro atoms. The molecule has 0 bridgehead atoms. The molecule has 0 aliphatic carbocycles. The predicted octanol–water partition coefficient (Wildman–Crippen LogP) is 6.19. The number of unbranched alkanes of at least 4 members (excludes halogenated alkanes) is 11. The van der Waals surface area contributed by atoms with Gasteiger partial charge in [0.1, 0.15) is 48.6 Å². The van der Waals surface area contributed by atoms with Gasteiger partial charge in [-0.1, -0.05) is 84.0 Å². The number of phosphoric acid groups is 1. The monoisotopic (exact) mass is 744 g/mol. The van der Waals surface area contributed by atoms with E-state index >= 15 is 0 Å². The van der Waals surface area contributed by atoms with Crippen molar-refractivity contribution in [2.24, 2.45) is 0 Å². The zero-order valence-corrected chi connectivity index (χ0v) is 30.5. The first-order chi connectivity index (χ1) is 25.0. The number of anilines is 1. The molecule has 3 aromatic rings. The van der Waals surface area contributed by atoms with E-state index in [1.54, 1.807) is 12.1 Å². The lowest BCUT2D eigenvalue weighted by Gasteiger charge is -2.26. The van der Waals surface area contributed by atoms with Gasteiger partial charge < -0.3 is 30.3 Å². The average Bonchev–Trinajstić information content (AvgIpc) is 3.67. The van der Waals surface area contributed by atoms with Crippen molar-refractivity contribution in [3.8, 4) is 12.1 Å². The average molecular weight is 745 g/mol. The molecule has 3 heterocycles. The Kier molecular flexibility index (Phi) is 15.9. The fraction of sp³-hybridized carbons (Fsp3) is 0.611. The topological polar surface area (TPSA) is 218 Å². The lowest BCUT2D eigenvalue weighted by atomic mass is 9.96. The van der Waals surface area contributed by atoms with Gasteiger partial charge in [-0.25, -0.2) is 18.5 Å². The van der Waals surface area contributed by atoms with Gasteiger partial charge in [-0.05, 0) is 42.3 Å². The van der Waals surface area contributed by atoms with Crippen LogP contribution in [0.4, 0.5) is 10.2 Å². The molecule has 1 saturated heterocycles. The van der Waals surface area contributed by atoms with E-state index in [9.17, 15) is 34.6 Å². The molecular formula is C36H50FN6O8P. The number of aromatic nitrogens is 3. The number of aliphatic hydroxyl groups excluding tert-OH is 2. The molecule has 0 amide bonds. The molecule has 1 aliphatic rings. The first-order valence-electron chi connectivity index (χ1n) is 18.0. The minimum absolute atomic E-state index is 0.0723. The number of nitriles is 2. The van der Waals surface area contributed by atoms with Crippen LogP contribution in [0.25, 0.3) is 5.52 Å². The van der Waals surface area contributed by atoms with E-state index in [2.05, 4.69) is 17.0 Å². The van der Waals surface area contributed by atoms with Crippen LogP contribution in [-0.2, 0) is 29.7 Å². The standard InChI is InChI=1S/C36H50FN6O8P/c1-2-3-4-5-6-7-8-9-10-11-12-13-14-29(48-21-27-17-26(20-38)18-28(37)19-27)22-49-52(46,47)50-24-36(23-39)34(45)32(44)33(51-36)30-15-16-31-35(40)41-25-42-43(30)31/h15-19,25,29,32-34,44-45H,2-14,21-22,24H2,1H3,(H,46,47)(H2,40,41,42)/t29-,32-,33-,34-,36+/m0/s1. The van der Waals surface area contributed by atoms with E-state index < -0.39 is 50.3 Å². The van der Waals surface area contributed by atoms with Gasteiger partial charge >= 0.3 is 7.82 Å². The van der Waals surface area contributed by atoms with Crippen molar-refractivity contribution in [3.63, 3.8) is 0 Å². The summed E-state index contributed by atoms with van der Waals surface area (Å²) in [5.74, 6) is -0.427. The van der Waals surface area contributed by atoms with Gasteiger partial charge in [0, 0.05) is 0 Å². The van der Waals surface area contributed by atoms with E-state index in [4.69, 9.17) is 24.3 Å². The van der Waals surface area contributed by atoms with Crippen LogP contribution in [0.15, 0.2) is 36.7 Å². The van der Waals surface area contributed by atoms with Crippen LogP contribution in [-0.4, -0.2) is 66.8 Å². The zero-order chi connectivity index (χ0) is 37.6. The number of nitrogens with two attached hydrogens (primary N) is 1. The molecule has 5 N–H and O–H groups in total. The molecule has 1 fully saturated rings. The Morgan fingerprint density at radius 3 is 2.37 bits per heavy atom. The van der Waals surface area contributed by atoms with E-state index in [-0.39, 0.29) is 30.3 Å². The molecule has 0 radical (unpaired) electrons. The Morgan fingerprint density at radius 2 is 1.71 bits per heavy atom. The van der Waals surface area contributed by atoms with Gasteiger partial charge in [0.25, 0.3) is 0 Å². The molecule has 0 saturated carbocycles. The maximum Gasteiger partial charge on any atom is 0.472 e. The Bertz CT molecular complexity index is 1720. The van der Waals surface area contributed by atoms with Crippen molar-refractivity contribution in [1.29, 1.82) is 10.5 Å². The van der Waals surface area contributed by atoms with Crippen LogP contribution in [0.1, 0.15) is 113 Å². The van der Waals surface area contributed by atoms with E-state index in [1.807, 2.05) is 6.07 Å². The SMILES string of the molecule is CCCCCCCCCCCCCC[C@@H](COP(=O)(O)OC[C@@]1(C#N)O[C@@H](c2ccc3c(N)ncnn23)[C@H](O)[C@@H]1O)OCc1cc(F)cc(C#N)c1. The second-order valence-electron chi connectivity index (χ2n) is 13.3. The number of rotatable bonds is 23. The third kappa shape index (κ3) is 11.5. The molecule has 6 atom stereocenters. The largest absolute Gasteiger partial charge is 0.472 e. The van der Waals surface area contributed by atoms with Crippen molar-refractivity contribution in [2.75, 3.05) is 18.9 Å². The number of fused-ring (bicyclic) bond motifs is 1. The fourth-order valence-corrected chi connectivity index (χ4v) is 7.09. The van der Waals surface area contributed by atoms with Gasteiger partial charge in [0.2, 0.25) is 5.60 Å². The number of benzene rings is 1. The number of hydrogen-bond acceptors (Lipinski definition) is 12. The third-order valence-corrected chi connectivity index (χ3v) is 10.2. The number of halogens is 1. The molecule has 14 nitrogen and oxygen atoms in total. The van der Waals surface area contributed by atoms with Crippen molar-refractivity contribution < 1.29 is 42.6 Å². The molecule has 1 aliphatic heterocycles. The van der Waals surface area contributed by atoms with Crippen LogP contribution >= 0.6 is 7.82 Å². The molecule has 1 unspecified atom stereocenters. The van der Waals surface area contributed by atoms with Gasteiger partial charge in [-0.3, -0.25) is 9.05 Å². The van der Waals surface area contributed by atoms with Crippen LogP contribution in [0.5, 0.6) is 0 Å². The number of ether oxygens (including phenoxy) is 2. The van der Waals surface area contributed by atoms with Crippen LogP contribution in [0, 0.1) is 28.5 Å². The number of hydrogen-bond donors (Lipinski definition) is 4. The van der Waals surface area contributed by atoms with Crippen molar-refractivity contribution in [1.82, 2.24) is 14.6 Å². The maximum absolute atomic E-state index is 14.0. The van der Waals surface area contributed by atoms with Crippen LogP contribution < -0.4 is 5.73 Å². The second-order valence-corrected chi connectivity index (χ2v) is 14.7. The first kappa shape index (κ1) is 41.3. The van der Waals surface area contributed by atoms with Crippen LogP contribution in [0.2, 0.25) is 0 Å². The third-order valence-electron chi connectivity index (χ3n) is 9.26. The highest BCUT2D eigenvalue weighted by atomic mass is 31.2. The normalized spacial score (nSPS) is 21.9. The lowest BCUT2D eigenvalue weighted by Crippen LogP contribution is -2.45. The van der Waals surface area contributed by atoms with E-state index in [0.717, 1.165) is 31.7 Å². The number of phosphoric ester groups is 1. The minimum atomic E-state index is -4.86. The quantitative estimate of drug-likeness (QED) is 0.0630. The summed E-state index contributed by atoms with van der Waals surface area (Å²) in [6, 6.07) is 10.7. The molecule has 52 heavy (non-hydrogen) atoms. The summed E-state index contributed by atoms with van der Waals surface area (Å²) >= 11 is 0. The van der Waals surface area contributed by atoms with Crippen molar-refractivity contribution in [3.05, 3.63) is 59.3 Å². The summed E-state index contributed by atoms with van der Waals surface area (Å²) < 4.78 is 50.6. The number of nitrogens with zero attached hydrogens (tertiary/aromatic N) is 5. The van der Waals surface area contributed by atoms with Crippen LogP contribution in [0.3, 0.4) is 0 Å². The lowest BCUT2D eigenvalue weighted by molar-refractivity contribution is -0.0763. The molecule has 4 rings (SSSR count). The van der Waals surface area contributed by atoms with Gasteiger partial charge in [0.15, 0.2) is 5.82 Å². The minimum Gasteiger partial charge on any atom is -0.387 e. The summed E-state index contributed by atoms with van der Waals surface area (Å²) in [6.45, 7) is 0.846. The molecule has 16 heteroatoms. The molecular weight excluding hydrogens is 694 g/mol. The van der Waals surface area contributed by atoms with Crippen molar-refractivity contribution in [2.45, 2.75) is 127 Å². The smallest absolute Gasteiger partial charge is 0.387 e. The molecule has 2 aromatic heterocycles. The number of nitrogen functional groups attached to an aromatic ring is 1. The Balaban J connectivity index is 1.31. The Morgan fingerprint density at radius 1 is 1.04 bits per heavy atom. The van der Waals surface area contributed by atoms with Gasteiger partial charge in [0.05, 0.1) is 36.6 Å². The van der Waals surface area contributed by atoms with E-state index in [0.29, 0.717) is 17.5 Å². The summed E-state index contributed by atoms with van der Waals surface area (Å²) in [5, 5.41) is 45.0. The summed E-state index contributed by atoms with van der Waals surface area (Å²) in [4.78, 5) is 14.5. The fourth-order valence-electron chi connectivity index (χ4n) is 6.31. The highest BCUT2D eigenvalue weighted by Crippen LogP contribution is 2.48. The van der Waals surface area contributed by atoms with E-state index in [1.165, 1.54) is 80.4 Å². The number of aliphatic hydroxyl groups is 2.